The number of ether oxygens (including phenoxy) is 1. The van der Waals surface area contributed by atoms with Crippen LogP contribution in [0.15, 0.2) is 22.8 Å². The van der Waals surface area contributed by atoms with Crippen molar-refractivity contribution in [2.24, 2.45) is 0 Å². The molecule has 1 aromatic carbocycles. The number of hydrogen-bond acceptors (Lipinski definition) is 4. The van der Waals surface area contributed by atoms with Crippen LogP contribution in [-0.2, 0) is 6.61 Å². The predicted octanol–water partition coefficient (Wildman–Crippen LogP) is 3.62. The molecule has 0 saturated carbocycles. The first-order valence-electron chi connectivity index (χ1n) is 5.27. The van der Waals surface area contributed by atoms with Crippen LogP contribution in [0, 0.1) is 12.7 Å². The van der Waals surface area contributed by atoms with E-state index in [2.05, 4.69) is 25.9 Å². The molecule has 2 aromatic rings. The van der Waals surface area contributed by atoms with E-state index in [9.17, 15) is 4.39 Å². The molecule has 0 aliphatic rings. The molecule has 0 radical (unpaired) electrons. The minimum atomic E-state index is -0.594. The number of aryl methyl sites for hydroxylation is 1. The minimum absolute atomic E-state index is 0.00745. The largest absolute Gasteiger partial charge is 0.423 e. The summed E-state index contributed by atoms with van der Waals surface area (Å²) in [5, 5.41) is 9.01. The molecule has 4 nitrogen and oxygen atoms in total. The summed E-state index contributed by atoms with van der Waals surface area (Å²) in [7, 11) is 0. The van der Waals surface area contributed by atoms with Crippen molar-refractivity contribution < 1.29 is 14.2 Å². The summed E-state index contributed by atoms with van der Waals surface area (Å²) in [6.45, 7) is 1.57. The Kier molecular flexibility index (Phi) is 4.34. The van der Waals surface area contributed by atoms with Crippen LogP contribution < -0.4 is 4.74 Å². The molecule has 7 heteroatoms. The van der Waals surface area contributed by atoms with E-state index in [0.717, 1.165) is 6.07 Å². The SMILES string of the molecule is Cc1nc(Oc2cc(F)c(Cl)cc2Br)ncc1CO. The maximum absolute atomic E-state index is 13.4. The van der Waals surface area contributed by atoms with Gasteiger partial charge in [-0.3, -0.25) is 0 Å². The molecule has 0 amide bonds. The van der Waals surface area contributed by atoms with Gasteiger partial charge in [0.15, 0.2) is 0 Å². The van der Waals surface area contributed by atoms with Gasteiger partial charge in [0.2, 0.25) is 0 Å². The van der Waals surface area contributed by atoms with Gasteiger partial charge in [0.25, 0.3) is 0 Å². The summed E-state index contributed by atoms with van der Waals surface area (Å²) < 4.78 is 19.2. The molecule has 19 heavy (non-hydrogen) atoms. The Morgan fingerprint density at radius 3 is 2.84 bits per heavy atom. The molecule has 0 unspecified atom stereocenters. The molecule has 0 fully saturated rings. The van der Waals surface area contributed by atoms with Gasteiger partial charge in [-0.1, -0.05) is 11.6 Å². The third-order valence-corrected chi connectivity index (χ3v) is 3.31. The zero-order valence-corrected chi connectivity index (χ0v) is 12.2. The summed E-state index contributed by atoms with van der Waals surface area (Å²) in [6, 6.07) is 2.60. The molecule has 1 heterocycles. The maximum atomic E-state index is 13.4. The van der Waals surface area contributed by atoms with Crippen LogP contribution >= 0.6 is 27.5 Å². The highest BCUT2D eigenvalue weighted by Crippen LogP contribution is 2.32. The lowest BCUT2D eigenvalue weighted by molar-refractivity contribution is 0.279. The molecule has 100 valence electrons. The van der Waals surface area contributed by atoms with Crippen molar-refractivity contribution >= 4 is 27.5 Å². The highest BCUT2D eigenvalue weighted by Gasteiger charge is 2.11. The van der Waals surface area contributed by atoms with Crippen LogP contribution in [0.3, 0.4) is 0 Å². The zero-order valence-electron chi connectivity index (χ0n) is 9.82. The molecular formula is C12H9BrClFN2O2. The second kappa shape index (κ2) is 5.81. The van der Waals surface area contributed by atoms with Crippen LogP contribution in [0.4, 0.5) is 4.39 Å². The summed E-state index contributed by atoms with van der Waals surface area (Å²) in [5.41, 5.74) is 1.20. The van der Waals surface area contributed by atoms with Gasteiger partial charge in [0.1, 0.15) is 11.6 Å². The van der Waals surface area contributed by atoms with Gasteiger partial charge in [0.05, 0.1) is 21.8 Å². The van der Waals surface area contributed by atoms with E-state index in [1.54, 1.807) is 6.92 Å². The number of aliphatic hydroxyl groups excluding tert-OH is 1. The van der Waals surface area contributed by atoms with Crippen LogP contribution in [-0.4, -0.2) is 15.1 Å². The highest BCUT2D eigenvalue weighted by atomic mass is 79.9. The van der Waals surface area contributed by atoms with E-state index < -0.39 is 5.82 Å². The summed E-state index contributed by atoms with van der Waals surface area (Å²) >= 11 is 8.85. The van der Waals surface area contributed by atoms with Crippen molar-refractivity contribution in [2.75, 3.05) is 0 Å². The number of aromatic nitrogens is 2. The topological polar surface area (TPSA) is 55.2 Å². The van der Waals surface area contributed by atoms with Crippen LogP contribution in [0.1, 0.15) is 11.3 Å². The Hall–Kier alpha value is -1.24. The quantitative estimate of drug-likeness (QED) is 0.862. The average molecular weight is 348 g/mol. The van der Waals surface area contributed by atoms with Gasteiger partial charge in [-0.25, -0.2) is 9.37 Å². The van der Waals surface area contributed by atoms with E-state index in [1.165, 1.54) is 12.3 Å². The van der Waals surface area contributed by atoms with Crippen molar-refractivity contribution in [1.82, 2.24) is 9.97 Å². The molecule has 0 aliphatic heterocycles. The molecule has 0 aliphatic carbocycles. The summed E-state index contributed by atoms with van der Waals surface area (Å²) in [4.78, 5) is 7.99. The second-order valence-corrected chi connectivity index (χ2v) is 4.98. The van der Waals surface area contributed by atoms with E-state index in [-0.39, 0.29) is 23.4 Å². The first kappa shape index (κ1) is 14.2. The van der Waals surface area contributed by atoms with Crippen molar-refractivity contribution in [3.05, 3.63) is 44.9 Å². The molecule has 0 saturated heterocycles. The van der Waals surface area contributed by atoms with Crippen molar-refractivity contribution in [3.8, 4) is 11.8 Å². The predicted molar refractivity (Wildman–Crippen MR) is 71.9 cm³/mol. The summed E-state index contributed by atoms with van der Waals surface area (Å²) in [5.74, 6) is -0.374. The number of aliphatic hydroxyl groups is 1. The molecule has 0 atom stereocenters. The van der Waals surface area contributed by atoms with Crippen LogP contribution in [0.5, 0.6) is 11.8 Å². The zero-order chi connectivity index (χ0) is 14.0. The van der Waals surface area contributed by atoms with Gasteiger partial charge in [0, 0.05) is 17.8 Å². The number of benzene rings is 1. The smallest absolute Gasteiger partial charge is 0.322 e. The molecular weight excluding hydrogens is 338 g/mol. The molecule has 0 spiro atoms. The van der Waals surface area contributed by atoms with Crippen molar-refractivity contribution in [3.63, 3.8) is 0 Å². The molecule has 1 N–H and O–H groups in total. The van der Waals surface area contributed by atoms with E-state index in [0.29, 0.717) is 15.7 Å². The molecule has 0 bridgehead atoms. The standard InChI is InChI=1S/C12H9BrClFN2O2/c1-6-7(5-18)4-16-12(17-6)19-11-3-10(15)9(14)2-8(11)13/h2-4,18H,5H2,1H3. The average Bonchev–Trinajstić information content (AvgIpc) is 2.36. The normalized spacial score (nSPS) is 10.6. The fourth-order valence-corrected chi connectivity index (χ4v) is 2.08. The summed E-state index contributed by atoms with van der Waals surface area (Å²) in [6.07, 6.45) is 1.46. The lowest BCUT2D eigenvalue weighted by atomic mass is 10.3. The molecule has 2 rings (SSSR count). The number of rotatable bonds is 3. The van der Waals surface area contributed by atoms with Gasteiger partial charge in [-0.05, 0) is 28.9 Å². The van der Waals surface area contributed by atoms with Gasteiger partial charge in [-0.15, -0.1) is 0 Å². The third-order valence-electron chi connectivity index (χ3n) is 2.41. The lowest BCUT2D eigenvalue weighted by Crippen LogP contribution is -1.99. The Morgan fingerprint density at radius 2 is 2.21 bits per heavy atom. The minimum Gasteiger partial charge on any atom is -0.423 e. The van der Waals surface area contributed by atoms with Crippen LogP contribution in [0.25, 0.3) is 0 Å². The highest BCUT2D eigenvalue weighted by molar-refractivity contribution is 9.10. The maximum Gasteiger partial charge on any atom is 0.322 e. The van der Waals surface area contributed by atoms with E-state index in [1.807, 2.05) is 0 Å². The first-order valence-corrected chi connectivity index (χ1v) is 6.44. The van der Waals surface area contributed by atoms with Crippen molar-refractivity contribution in [1.29, 1.82) is 0 Å². The van der Waals surface area contributed by atoms with Crippen molar-refractivity contribution in [2.45, 2.75) is 13.5 Å². The first-order chi connectivity index (χ1) is 9.01. The Labute approximate surface area is 122 Å². The van der Waals surface area contributed by atoms with Gasteiger partial charge in [-0.2, -0.15) is 4.98 Å². The van der Waals surface area contributed by atoms with Gasteiger partial charge < -0.3 is 9.84 Å². The van der Waals surface area contributed by atoms with E-state index in [4.69, 9.17) is 21.4 Å². The number of nitrogens with zero attached hydrogens (tertiary/aromatic N) is 2. The second-order valence-electron chi connectivity index (χ2n) is 3.72. The van der Waals surface area contributed by atoms with Gasteiger partial charge >= 0.3 is 6.01 Å². The third kappa shape index (κ3) is 3.20. The number of hydrogen-bond donors (Lipinski definition) is 1. The monoisotopic (exact) mass is 346 g/mol. The lowest BCUT2D eigenvalue weighted by Gasteiger charge is -2.08. The fraction of sp³-hybridized carbons (Fsp3) is 0.167. The Morgan fingerprint density at radius 1 is 1.47 bits per heavy atom. The Balaban J connectivity index is 2.31. The number of halogens is 3. The molecule has 1 aromatic heterocycles. The Bertz CT molecular complexity index is 625. The van der Waals surface area contributed by atoms with E-state index >= 15 is 0 Å². The van der Waals surface area contributed by atoms with Crippen LogP contribution in [0.2, 0.25) is 5.02 Å². The fourth-order valence-electron chi connectivity index (χ4n) is 1.36.